The molecular formula is C21H17ClN6. The molecule has 2 N–H and O–H groups in total. The minimum absolute atomic E-state index is 0.663. The summed E-state index contributed by atoms with van der Waals surface area (Å²) in [5, 5.41) is 4.93. The van der Waals surface area contributed by atoms with Crippen LogP contribution in [0.15, 0.2) is 55.0 Å². The second-order valence-corrected chi connectivity index (χ2v) is 7.20. The predicted molar refractivity (Wildman–Crippen MR) is 113 cm³/mol. The maximum Gasteiger partial charge on any atom is 0.145 e. The molecule has 0 bridgehead atoms. The first-order chi connectivity index (χ1) is 13.6. The summed E-state index contributed by atoms with van der Waals surface area (Å²) in [6.45, 7) is 2.06. The Morgan fingerprint density at radius 2 is 1.96 bits per heavy atom. The number of aryl methyl sites for hydroxylation is 2. The second kappa shape index (κ2) is 6.35. The van der Waals surface area contributed by atoms with Gasteiger partial charge in [-0.25, -0.2) is 15.0 Å². The Morgan fingerprint density at radius 1 is 1.11 bits per heavy atom. The molecular weight excluding hydrogens is 372 g/mol. The lowest BCUT2D eigenvalue weighted by Crippen LogP contribution is -1.97. The summed E-state index contributed by atoms with van der Waals surface area (Å²) in [6, 6.07) is 13.7. The number of aromatic nitrogens is 5. The predicted octanol–water partition coefficient (Wildman–Crippen LogP) is 5.22. The fourth-order valence-corrected chi connectivity index (χ4v) is 3.68. The number of para-hydroxylation sites is 1. The molecule has 3 heterocycles. The van der Waals surface area contributed by atoms with E-state index in [4.69, 9.17) is 16.6 Å². The van der Waals surface area contributed by atoms with Gasteiger partial charge in [-0.05, 0) is 36.8 Å². The molecule has 0 radical (unpaired) electrons. The van der Waals surface area contributed by atoms with Gasteiger partial charge >= 0.3 is 0 Å². The lowest BCUT2D eigenvalue weighted by molar-refractivity contribution is 0.944. The number of nitrogens with zero attached hydrogens (tertiary/aromatic N) is 4. The number of fused-ring (bicyclic) bond motifs is 2. The fraction of sp³-hybridized carbons (Fsp3) is 0.0952. The largest absolute Gasteiger partial charge is 0.340 e. The smallest absolute Gasteiger partial charge is 0.145 e. The zero-order valence-corrected chi connectivity index (χ0v) is 16.1. The highest BCUT2D eigenvalue weighted by Crippen LogP contribution is 2.34. The summed E-state index contributed by atoms with van der Waals surface area (Å²) in [7, 11) is 1.97. The Balaban J connectivity index is 1.71. The highest BCUT2D eigenvalue weighted by molar-refractivity contribution is 6.30. The second-order valence-electron chi connectivity index (χ2n) is 6.77. The monoisotopic (exact) mass is 388 g/mol. The van der Waals surface area contributed by atoms with Crippen LogP contribution in [0.1, 0.15) is 5.56 Å². The van der Waals surface area contributed by atoms with Gasteiger partial charge in [-0.3, -0.25) is 0 Å². The number of anilines is 2. The Kier molecular flexibility index (Phi) is 3.80. The minimum atomic E-state index is 0.663. The number of halogens is 1. The molecule has 0 amide bonds. The fourth-order valence-electron chi connectivity index (χ4n) is 3.49. The molecule has 0 spiro atoms. The number of nitrogens with one attached hydrogen (secondary N) is 2. The van der Waals surface area contributed by atoms with Gasteiger partial charge in [0.25, 0.3) is 0 Å². The van der Waals surface area contributed by atoms with Gasteiger partial charge in [0.1, 0.15) is 23.6 Å². The maximum absolute atomic E-state index is 6.13. The first-order valence-corrected chi connectivity index (χ1v) is 9.26. The van der Waals surface area contributed by atoms with Crippen LogP contribution in [-0.2, 0) is 7.05 Å². The van der Waals surface area contributed by atoms with Gasteiger partial charge in [-0.15, -0.1) is 0 Å². The first kappa shape index (κ1) is 16.8. The molecule has 0 aliphatic heterocycles. The highest BCUT2D eigenvalue weighted by atomic mass is 35.5. The van der Waals surface area contributed by atoms with Crippen molar-refractivity contribution in [1.29, 1.82) is 0 Å². The van der Waals surface area contributed by atoms with Crippen molar-refractivity contribution < 1.29 is 0 Å². The number of hydrogen-bond donors (Lipinski definition) is 2. The van der Waals surface area contributed by atoms with Crippen molar-refractivity contribution >= 4 is 45.2 Å². The molecule has 5 rings (SSSR count). The van der Waals surface area contributed by atoms with Crippen molar-refractivity contribution in [3.63, 3.8) is 0 Å². The van der Waals surface area contributed by atoms with E-state index in [9.17, 15) is 0 Å². The van der Waals surface area contributed by atoms with E-state index in [2.05, 4.69) is 33.3 Å². The molecule has 2 aromatic carbocycles. The molecule has 3 aromatic heterocycles. The normalized spacial score (nSPS) is 11.4. The number of aromatic amines is 1. The van der Waals surface area contributed by atoms with E-state index in [-0.39, 0.29) is 0 Å². The van der Waals surface area contributed by atoms with Gasteiger partial charge in [-0.2, -0.15) is 0 Å². The summed E-state index contributed by atoms with van der Waals surface area (Å²) < 4.78 is 1.98. The van der Waals surface area contributed by atoms with E-state index in [1.54, 1.807) is 6.33 Å². The Hall–Kier alpha value is -3.38. The van der Waals surface area contributed by atoms with Gasteiger partial charge in [0, 0.05) is 29.5 Å². The van der Waals surface area contributed by atoms with E-state index in [0.717, 1.165) is 44.7 Å². The van der Waals surface area contributed by atoms with Crippen LogP contribution in [0.5, 0.6) is 0 Å². The number of imidazole rings is 1. The molecule has 6 nitrogen and oxygen atoms in total. The molecule has 0 unspecified atom stereocenters. The molecule has 0 fully saturated rings. The van der Waals surface area contributed by atoms with Crippen LogP contribution in [0, 0.1) is 6.92 Å². The minimum Gasteiger partial charge on any atom is -0.340 e. The summed E-state index contributed by atoms with van der Waals surface area (Å²) in [4.78, 5) is 17.2. The van der Waals surface area contributed by atoms with Crippen molar-refractivity contribution in [2.45, 2.75) is 6.92 Å². The Bertz CT molecular complexity index is 1330. The summed E-state index contributed by atoms with van der Waals surface area (Å²) in [5.74, 6) is 1.50. The van der Waals surface area contributed by atoms with Crippen LogP contribution in [0.25, 0.3) is 33.5 Å². The van der Waals surface area contributed by atoms with Crippen LogP contribution in [0.2, 0.25) is 5.02 Å². The van der Waals surface area contributed by atoms with Crippen LogP contribution < -0.4 is 5.32 Å². The number of rotatable bonds is 3. The van der Waals surface area contributed by atoms with E-state index in [1.807, 2.05) is 54.2 Å². The number of H-pyrrole nitrogens is 1. The average molecular weight is 389 g/mol. The van der Waals surface area contributed by atoms with Crippen molar-refractivity contribution in [2.75, 3.05) is 5.32 Å². The first-order valence-electron chi connectivity index (χ1n) is 8.88. The van der Waals surface area contributed by atoms with Gasteiger partial charge in [-0.1, -0.05) is 29.8 Å². The molecule has 0 aliphatic carbocycles. The van der Waals surface area contributed by atoms with E-state index in [1.165, 1.54) is 0 Å². The van der Waals surface area contributed by atoms with Crippen LogP contribution >= 0.6 is 11.6 Å². The molecule has 5 aromatic rings. The number of benzene rings is 2. The average Bonchev–Trinajstić information content (AvgIpc) is 3.25. The Morgan fingerprint density at radius 3 is 2.79 bits per heavy atom. The molecule has 7 heteroatoms. The molecule has 28 heavy (non-hydrogen) atoms. The molecule has 0 saturated carbocycles. The summed E-state index contributed by atoms with van der Waals surface area (Å²) in [5.41, 5.74) is 5.74. The highest BCUT2D eigenvalue weighted by Gasteiger charge is 2.18. The third-order valence-electron chi connectivity index (χ3n) is 4.81. The summed E-state index contributed by atoms with van der Waals surface area (Å²) in [6.07, 6.45) is 3.58. The van der Waals surface area contributed by atoms with E-state index < -0.39 is 0 Å². The van der Waals surface area contributed by atoms with Gasteiger partial charge in [0.2, 0.25) is 0 Å². The summed E-state index contributed by atoms with van der Waals surface area (Å²) >= 11 is 6.13. The van der Waals surface area contributed by atoms with Crippen LogP contribution in [-0.4, -0.2) is 24.5 Å². The third-order valence-corrected chi connectivity index (χ3v) is 5.05. The molecule has 138 valence electrons. The third kappa shape index (κ3) is 2.70. The Labute approximate surface area is 166 Å². The molecule has 0 atom stereocenters. The standard InChI is InChI=1S/C21H17ClN6/c1-12-5-3-8-16-18(12)27-19(26-16)15-10-28(2)21-17(15)20(23-11-24-21)25-14-7-4-6-13(22)9-14/h3-11H,1-2H3,(H,26,27)(H,23,24,25). The zero-order chi connectivity index (χ0) is 19.3. The molecule has 0 saturated heterocycles. The lowest BCUT2D eigenvalue weighted by atomic mass is 10.2. The SMILES string of the molecule is Cc1cccc2[nH]c(-c3cn(C)c4ncnc(Nc5cccc(Cl)c5)c34)nc12. The van der Waals surface area contributed by atoms with E-state index in [0.29, 0.717) is 10.8 Å². The zero-order valence-electron chi connectivity index (χ0n) is 15.4. The topological polar surface area (TPSA) is 71.4 Å². The lowest BCUT2D eigenvalue weighted by Gasteiger charge is -2.08. The van der Waals surface area contributed by atoms with Crippen molar-refractivity contribution in [3.05, 3.63) is 65.6 Å². The van der Waals surface area contributed by atoms with Crippen LogP contribution in [0.4, 0.5) is 11.5 Å². The van der Waals surface area contributed by atoms with Crippen molar-refractivity contribution in [2.24, 2.45) is 7.05 Å². The van der Waals surface area contributed by atoms with Crippen LogP contribution in [0.3, 0.4) is 0 Å². The molecule has 0 aliphatic rings. The quantitative estimate of drug-likeness (QED) is 0.444. The van der Waals surface area contributed by atoms with E-state index >= 15 is 0 Å². The van der Waals surface area contributed by atoms with Gasteiger partial charge in [0.05, 0.1) is 16.4 Å². The van der Waals surface area contributed by atoms with Crippen molar-refractivity contribution in [1.82, 2.24) is 24.5 Å². The number of hydrogen-bond acceptors (Lipinski definition) is 4. The van der Waals surface area contributed by atoms with Crippen molar-refractivity contribution in [3.8, 4) is 11.4 Å². The van der Waals surface area contributed by atoms with Gasteiger partial charge < -0.3 is 14.9 Å². The van der Waals surface area contributed by atoms with Gasteiger partial charge in [0.15, 0.2) is 0 Å². The maximum atomic E-state index is 6.13.